The van der Waals surface area contributed by atoms with Gasteiger partial charge in [-0.3, -0.25) is 5.14 Å². The third kappa shape index (κ3) is 3.93. The zero-order valence-corrected chi connectivity index (χ0v) is 14.0. The van der Waals surface area contributed by atoms with Crippen LogP contribution < -0.4 is 5.14 Å². The fraction of sp³-hybridized carbons (Fsp3) is 0.400. The van der Waals surface area contributed by atoms with Crippen molar-refractivity contribution < 1.29 is 4.21 Å². The summed E-state index contributed by atoms with van der Waals surface area (Å²) in [6.45, 7) is 5.90. The van der Waals surface area contributed by atoms with Crippen molar-refractivity contribution in [3.05, 3.63) is 47.2 Å². The molecule has 4 nitrogen and oxygen atoms in total. The third-order valence-electron chi connectivity index (χ3n) is 3.55. The van der Waals surface area contributed by atoms with Gasteiger partial charge in [0.15, 0.2) is 0 Å². The van der Waals surface area contributed by atoms with Crippen LogP contribution in [0.3, 0.4) is 0 Å². The van der Waals surface area contributed by atoms with Crippen LogP contribution in [0.2, 0.25) is 5.02 Å². The average molecular weight is 326 g/mol. The summed E-state index contributed by atoms with van der Waals surface area (Å²) >= 11 is 5.89. The molecule has 0 spiro atoms. The molecule has 0 saturated heterocycles. The van der Waals surface area contributed by atoms with Gasteiger partial charge in [0.05, 0.1) is 27.1 Å². The SMILES string of the molecule is C[C@H](CC(C)(C)S(N)=O)c1ccn(-c2ccc(Cl)cc2)n1. The number of rotatable bonds is 5. The van der Waals surface area contributed by atoms with Gasteiger partial charge in [0, 0.05) is 17.1 Å². The highest BCUT2D eigenvalue weighted by Crippen LogP contribution is 2.27. The average Bonchev–Trinajstić information content (AvgIpc) is 2.88. The second-order valence-electron chi connectivity index (χ2n) is 5.82. The standard InChI is InChI=1S/C15H20ClN3OS/c1-11(10-15(2,3)21(17)20)14-8-9-19(18-14)13-6-4-12(16)5-7-13/h4-9,11H,10,17H2,1-3H3/t11-,21?/m1/s1. The van der Waals surface area contributed by atoms with Crippen molar-refractivity contribution in [3.63, 3.8) is 0 Å². The highest BCUT2D eigenvalue weighted by Gasteiger charge is 2.27. The Bertz CT molecular complexity index is 637. The fourth-order valence-electron chi connectivity index (χ4n) is 2.26. The molecule has 0 aliphatic rings. The topological polar surface area (TPSA) is 60.9 Å². The zero-order chi connectivity index (χ0) is 15.6. The largest absolute Gasteiger partial charge is 0.251 e. The molecular weight excluding hydrogens is 306 g/mol. The molecule has 0 aliphatic heterocycles. The van der Waals surface area contributed by atoms with Crippen LogP contribution in [0.15, 0.2) is 36.5 Å². The summed E-state index contributed by atoms with van der Waals surface area (Å²) in [5, 5.41) is 10.8. The van der Waals surface area contributed by atoms with E-state index in [1.807, 2.05) is 55.1 Å². The van der Waals surface area contributed by atoms with Crippen molar-refractivity contribution in [2.45, 2.75) is 37.9 Å². The van der Waals surface area contributed by atoms with Gasteiger partial charge in [-0.05, 0) is 50.6 Å². The molecule has 2 aromatic rings. The highest BCUT2D eigenvalue weighted by atomic mass is 35.5. The van der Waals surface area contributed by atoms with Crippen LogP contribution in [-0.2, 0) is 11.0 Å². The maximum absolute atomic E-state index is 11.5. The van der Waals surface area contributed by atoms with E-state index in [1.54, 1.807) is 0 Å². The molecule has 1 unspecified atom stereocenters. The van der Waals surface area contributed by atoms with Crippen LogP contribution in [0.1, 0.15) is 38.8 Å². The van der Waals surface area contributed by atoms with Crippen molar-refractivity contribution in [2.24, 2.45) is 5.14 Å². The lowest BCUT2D eigenvalue weighted by Crippen LogP contribution is -2.33. The molecule has 6 heteroatoms. The van der Waals surface area contributed by atoms with Crippen molar-refractivity contribution in [1.29, 1.82) is 0 Å². The summed E-state index contributed by atoms with van der Waals surface area (Å²) < 4.78 is 12.9. The van der Waals surface area contributed by atoms with Crippen LogP contribution >= 0.6 is 11.6 Å². The van der Waals surface area contributed by atoms with Crippen LogP contribution in [0, 0.1) is 0 Å². The lowest BCUT2D eigenvalue weighted by molar-refractivity contribution is 0.531. The molecule has 21 heavy (non-hydrogen) atoms. The van der Waals surface area contributed by atoms with Crippen LogP contribution in [0.25, 0.3) is 5.69 Å². The van der Waals surface area contributed by atoms with E-state index in [2.05, 4.69) is 12.0 Å². The Kier molecular flexibility index (Phi) is 4.86. The minimum absolute atomic E-state index is 0.182. The number of nitrogens with two attached hydrogens (primary N) is 1. The summed E-state index contributed by atoms with van der Waals surface area (Å²) in [6.07, 6.45) is 2.63. The molecule has 1 aromatic carbocycles. The summed E-state index contributed by atoms with van der Waals surface area (Å²) in [7, 11) is -1.35. The van der Waals surface area contributed by atoms with Gasteiger partial charge in [-0.15, -0.1) is 0 Å². The smallest absolute Gasteiger partial charge is 0.0945 e. The van der Waals surface area contributed by atoms with Gasteiger partial charge >= 0.3 is 0 Å². The Morgan fingerprint density at radius 3 is 2.52 bits per heavy atom. The molecule has 2 N–H and O–H groups in total. The Morgan fingerprint density at radius 2 is 1.95 bits per heavy atom. The number of aromatic nitrogens is 2. The van der Waals surface area contributed by atoms with E-state index in [0.29, 0.717) is 11.4 Å². The van der Waals surface area contributed by atoms with E-state index in [9.17, 15) is 4.21 Å². The quantitative estimate of drug-likeness (QED) is 0.915. The van der Waals surface area contributed by atoms with Crippen LogP contribution in [-0.4, -0.2) is 18.7 Å². The lowest BCUT2D eigenvalue weighted by Gasteiger charge is -2.24. The van der Waals surface area contributed by atoms with Gasteiger partial charge in [0.2, 0.25) is 0 Å². The van der Waals surface area contributed by atoms with Gasteiger partial charge in [-0.2, -0.15) is 5.10 Å². The van der Waals surface area contributed by atoms with Gasteiger partial charge < -0.3 is 0 Å². The molecule has 0 fully saturated rings. The molecule has 2 atom stereocenters. The maximum atomic E-state index is 11.5. The Labute approximate surface area is 132 Å². The van der Waals surface area contributed by atoms with E-state index in [4.69, 9.17) is 16.7 Å². The number of halogens is 1. The molecule has 0 bridgehead atoms. The van der Waals surface area contributed by atoms with Crippen molar-refractivity contribution in [3.8, 4) is 5.69 Å². The van der Waals surface area contributed by atoms with Crippen molar-refractivity contribution >= 4 is 22.6 Å². The molecule has 0 saturated carbocycles. The highest BCUT2D eigenvalue weighted by molar-refractivity contribution is 7.84. The Balaban J connectivity index is 2.16. The third-order valence-corrected chi connectivity index (χ3v) is 5.06. The normalized spacial score (nSPS) is 14.9. The first-order valence-electron chi connectivity index (χ1n) is 6.77. The minimum Gasteiger partial charge on any atom is -0.251 e. The van der Waals surface area contributed by atoms with Gasteiger partial charge in [0.1, 0.15) is 0 Å². The predicted molar refractivity (Wildman–Crippen MR) is 88.0 cm³/mol. The predicted octanol–water partition coefficient (Wildman–Crippen LogP) is 3.42. The van der Waals surface area contributed by atoms with Gasteiger partial charge in [0.25, 0.3) is 0 Å². The van der Waals surface area contributed by atoms with Crippen LogP contribution in [0.4, 0.5) is 0 Å². The minimum atomic E-state index is -1.35. The molecule has 0 radical (unpaired) electrons. The van der Waals surface area contributed by atoms with E-state index >= 15 is 0 Å². The molecule has 2 rings (SSSR count). The van der Waals surface area contributed by atoms with E-state index < -0.39 is 15.7 Å². The molecule has 0 amide bonds. The second kappa shape index (κ2) is 6.30. The Morgan fingerprint density at radius 1 is 1.33 bits per heavy atom. The molecule has 114 valence electrons. The van der Waals surface area contributed by atoms with Gasteiger partial charge in [-0.1, -0.05) is 18.5 Å². The summed E-state index contributed by atoms with van der Waals surface area (Å²) in [4.78, 5) is 0. The fourth-order valence-corrected chi connectivity index (χ4v) is 2.80. The molecule has 1 aromatic heterocycles. The van der Waals surface area contributed by atoms with E-state index in [0.717, 1.165) is 11.4 Å². The van der Waals surface area contributed by atoms with E-state index in [1.165, 1.54) is 0 Å². The van der Waals surface area contributed by atoms with E-state index in [-0.39, 0.29) is 5.92 Å². The summed E-state index contributed by atoms with van der Waals surface area (Å²) in [5.74, 6) is 0.182. The second-order valence-corrected chi connectivity index (χ2v) is 7.96. The Hall–Kier alpha value is -1.17. The van der Waals surface area contributed by atoms with Crippen LogP contribution in [0.5, 0.6) is 0 Å². The molecular formula is C15H20ClN3OS. The first-order valence-corrected chi connectivity index (χ1v) is 8.36. The van der Waals surface area contributed by atoms with Gasteiger partial charge in [-0.25, -0.2) is 8.89 Å². The number of hydrogen-bond donors (Lipinski definition) is 1. The summed E-state index contributed by atoms with van der Waals surface area (Å²) in [5.41, 5.74) is 1.92. The summed E-state index contributed by atoms with van der Waals surface area (Å²) in [6, 6.07) is 9.49. The zero-order valence-electron chi connectivity index (χ0n) is 12.4. The number of hydrogen-bond acceptors (Lipinski definition) is 2. The lowest BCUT2D eigenvalue weighted by atomic mass is 9.95. The molecule has 1 heterocycles. The number of benzene rings is 1. The first-order chi connectivity index (χ1) is 9.79. The maximum Gasteiger partial charge on any atom is 0.0945 e. The van der Waals surface area contributed by atoms with Crippen molar-refractivity contribution in [2.75, 3.05) is 0 Å². The molecule has 0 aliphatic carbocycles. The monoisotopic (exact) mass is 325 g/mol. The van der Waals surface area contributed by atoms with Crippen molar-refractivity contribution in [1.82, 2.24) is 9.78 Å². The first kappa shape index (κ1) is 16.2. The number of nitrogens with zero attached hydrogens (tertiary/aromatic N) is 2.